The highest BCUT2D eigenvalue weighted by atomic mass is 79.9. The molecule has 0 aromatic heterocycles. The van der Waals surface area contributed by atoms with E-state index < -0.39 is 23.7 Å². The van der Waals surface area contributed by atoms with Gasteiger partial charge in [0.1, 0.15) is 5.82 Å². The highest BCUT2D eigenvalue weighted by Crippen LogP contribution is 2.31. The first-order valence-electron chi connectivity index (χ1n) is 6.06. The van der Waals surface area contributed by atoms with Crippen molar-refractivity contribution in [2.45, 2.75) is 18.7 Å². The van der Waals surface area contributed by atoms with Gasteiger partial charge in [-0.05, 0) is 51.3 Å². The zero-order chi connectivity index (χ0) is 15.6. The molecule has 0 heterocycles. The molecule has 0 aliphatic carbocycles. The summed E-state index contributed by atoms with van der Waals surface area (Å²) in [6.07, 6.45) is -5.45. The Balaban J connectivity index is 2.20. The van der Waals surface area contributed by atoms with E-state index in [0.717, 1.165) is 12.1 Å². The van der Waals surface area contributed by atoms with Crippen LogP contribution in [0, 0.1) is 5.82 Å². The van der Waals surface area contributed by atoms with Crippen LogP contribution in [0.15, 0.2) is 46.9 Å². The van der Waals surface area contributed by atoms with Gasteiger partial charge in [-0.2, -0.15) is 13.2 Å². The first-order valence-corrected chi connectivity index (χ1v) is 6.86. The Hall–Kier alpha value is -1.40. The Bertz CT molecular complexity index is 640. The van der Waals surface area contributed by atoms with E-state index in [2.05, 4.69) is 15.9 Å². The first kappa shape index (κ1) is 16.0. The van der Waals surface area contributed by atoms with Gasteiger partial charge >= 0.3 is 6.18 Å². The molecule has 2 rings (SSSR count). The van der Waals surface area contributed by atoms with Gasteiger partial charge in [0, 0.05) is 6.42 Å². The second kappa shape index (κ2) is 6.15. The molecule has 2 aromatic carbocycles. The molecule has 2 aromatic rings. The van der Waals surface area contributed by atoms with Gasteiger partial charge in [-0.25, -0.2) is 4.39 Å². The smallest absolute Gasteiger partial charge is 0.388 e. The molecule has 1 atom stereocenters. The lowest BCUT2D eigenvalue weighted by atomic mass is 9.99. The summed E-state index contributed by atoms with van der Waals surface area (Å²) in [6, 6.07) is 8.76. The van der Waals surface area contributed by atoms with E-state index >= 15 is 0 Å². The summed E-state index contributed by atoms with van der Waals surface area (Å²) >= 11 is 3.02. The molecule has 1 nitrogen and oxygen atoms in total. The minimum atomic E-state index is -4.45. The molecule has 1 N–H and O–H groups in total. The fraction of sp³-hybridized carbons (Fsp3) is 0.200. The third-order valence-electron chi connectivity index (χ3n) is 3.01. The summed E-state index contributed by atoms with van der Waals surface area (Å²) in [5.74, 6) is -0.438. The average Bonchev–Trinajstić information content (AvgIpc) is 2.42. The summed E-state index contributed by atoms with van der Waals surface area (Å²) in [7, 11) is 0. The van der Waals surface area contributed by atoms with Crippen LogP contribution in [-0.2, 0) is 12.6 Å². The molecule has 0 amide bonds. The van der Waals surface area contributed by atoms with Crippen molar-refractivity contribution in [1.82, 2.24) is 0 Å². The van der Waals surface area contributed by atoms with Crippen LogP contribution in [0.2, 0.25) is 0 Å². The van der Waals surface area contributed by atoms with Gasteiger partial charge in [0.2, 0.25) is 0 Å². The van der Waals surface area contributed by atoms with Gasteiger partial charge in [-0.3, -0.25) is 0 Å². The number of benzene rings is 2. The number of halogens is 5. The van der Waals surface area contributed by atoms with Crippen molar-refractivity contribution in [2.75, 3.05) is 0 Å². The lowest BCUT2D eigenvalue weighted by Crippen LogP contribution is -2.08. The van der Waals surface area contributed by atoms with Crippen LogP contribution in [0.1, 0.15) is 22.8 Å². The molecule has 0 saturated carbocycles. The van der Waals surface area contributed by atoms with E-state index in [9.17, 15) is 22.7 Å². The maximum atomic E-state index is 13.1. The Morgan fingerprint density at radius 3 is 2.43 bits per heavy atom. The minimum Gasteiger partial charge on any atom is -0.388 e. The number of alkyl halides is 3. The largest absolute Gasteiger partial charge is 0.416 e. The summed E-state index contributed by atoms with van der Waals surface area (Å²) in [5, 5.41) is 10.0. The minimum absolute atomic E-state index is 0.0974. The molecule has 0 fully saturated rings. The fourth-order valence-corrected chi connectivity index (χ4v) is 2.36. The average molecular weight is 363 g/mol. The van der Waals surface area contributed by atoms with Crippen LogP contribution in [0.3, 0.4) is 0 Å². The quantitative estimate of drug-likeness (QED) is 0.771. The Labute approximate surface area is 127 Å². The van der Waals surface area contributed by atoms with E-state index in [4.69, 9.17) is 0 Å². The number of hydrogen-bond acceptors (Lipinski definition) is 1. The van der Waals surface area contributed by atoms with Crippen LogP contribution < -0.4 is 0 Å². The van der Waals surface area contributed by atoms with E-state index in [-0.39, 0.29) is 16.5 Å². The van der Waals surface area contributed by atoms with Gasteiger partial charge in [-0.1, -0.05) is 18.2 Å². The van der Waals surface area contributed by atoms with Gasteiger partial charge in [0.15, 0.2) is 0 Å². The number of aliphatic hydroxyl groups excluding tert-OH is 1. The van der Waals surface area contributed by atoms with Crippen LogP contribution in [-0.4, -0.2) is 5.11 Å². The van der Waals surface area contributed by atoms with E-state index in [1.54, 1.807) is 0 Å². The van der Waals surface area contributed by atoms with E-state index in [1.807, 2.05) is 0 Å². The monoisotopic (exact) mass is 362 g/mol. The van der Waals surface area contributed by atoms with Gasteiger partial charge < -0.3 is 5.11 Å². The van der Waals surface area contributed by atoms with Crippen molar-refractivity contribution in [3.05, 3.63) is 69.4 Å². The molecule has 6 heteroatoms. The van der Waals surface area contributed by atoms with Gasteiger partial charge in [0.05, 0.1) is 16.1 Å². The standard InChI is InChI=1S/C15H11BrF4O/c16-12-6-9(4-5-13(12)17)7-14(21)10-2-1-3-11(8-10)15(18,19)20/h1-6,8,14,21H,7H2. The van der Waals surface area contributed by atoms with Crippen LogP contribution in [0.5, 0.6) is 0 Å². The van der Waals surface area contributed by atoms with Crippen molar-refractivity contribution < 1.29 is 22.7 Å². The van der Waals surface area contributed by atoms with E-state index in [1.165, 1.54) is 30.3 Å². The molecule has 0 saturated heterocycles. The summed E-state index contributed by atoms with van der Waals surface area (Å²) in [5.41, 5.74) is -0.0159. The lowest BCUT2D eigenvalue weighted by molar-refractivity contribution is -0.137. The molecular formula is C15H11BrF4O. The highest BCUT2D eigenvalue weighted by molar-refractivity contribution is 9.10. The van der Waals surface area contributed by atoms with Crippen molar-refractivity contribution in [1.29, 1.82) is 0 Å². The molecule has 112 valence electrons. The summed E-state index contributed by atoms with van der Waals surface area (Å²) < 4.78 is 51.2. The van der Waals surface area contributed by atoms with Crippen LogP contribution >= 0.6 is 15.9 Å². The third kappa shape index (κ3) is 4.04. The predicted molar refractivity (Wildman–Crippen MR) is 74.2 cm³/mol. The third-order valence-corrected chi connectivity index (χ3v) is 3.62. The molecule has 0 aliphatic heterocycles. The van der Waals surface area contributed by atoms with Crippen LogP contribution in [0.4, 0.5) is 17.6 Å². The molecule has 0 spiro atoms. The van der Waals surface area contributed by atoms with Gasteiger partial charge in [0.25, 0.3) is 0 Å². The molecular weight excluding hydrogens is 352 g/mol. The second-order valence-corrected chi connectivity index (χ2v) is 5.45. The zero-order valence-electron chi connectivity index (χ0n) is 10.7. The molecule has 1 unspecified atom stereocenters. The lowest BCUT2D eigenvalue weighted by Gasteiger charge is -2.14. The maximum absolute atomic E-state index is 13.1. The van der Waals surface area contributed by atoms with Crippen molar-refractivity contribution >= 4 is 15.9 Å². The summed E-state index contributed by atoms with van der Waals surface area (Å²) in [6.45, 7) is 0. The molecule has 0 bridgehead atoms. The molecule has 21 heavy (non-hydrogen) atoms. The first-order chi connectivity index (χ1) is 9.77. The summed E-state index contributed by atoms with van der Waals surface area (Å²) in [4.78, 5) is 0. The Morgan fingerprint density at radius 2 is 1.81 bits per heavy atom. The zero-order valence-corrected chi connectivity index (χ0v) is 12.2. The van der Waals surface area contributed by atoms with Crippen molar-refractivity contribution in [2.24, 2.45) is 0 Å². The maximum Gasteiger partial charge on any atom is 0.416 e. The molecule has 0 radical (unpaired) electrons. The van der Waals surface area contributed by atoms with E-state index in [0.29, 0.717) is 5.56 Å². The van der Waals surface area contributed by atoms with Gasteiger partial charge in [-0.15, -0.1) is 0 Å². The fourth-order valence-electron chi connectivity index (χ4n) is 1.93. The van der Waals surface area contributed by atoms with Crippen molar-refractivity contribution in [3.8, 4) is 0 Å². The Kier molecular flexibility index (Phi) is 4.68. The number of rotatable bonds is 3. The van der Waals surface area contributed by atoms with Crippen LogP contribution in [0.25, 0.3) is 0 Å². The SMILES string of the molecule is OC(Cc1ccc(F)c(Br)c1)c1cccc(C(F)(F)F)c1. The molecule has 0 aliphatic rings. The normalized spacial score (nSPS) is 13.2. The Morgan fingerprint density at radius 1 is 1.10 bits per heavy atom. The number of aliphatic hydroxyl groups is 1. The number of hydrogen-bond donors (Lipinski definition) is 1. The topological polar surface area (TPSA) is 20.2 Å². The second-order valence-electron chi connectivity index (χ2n) is 4.59. The predicted octanol–water partition coefficient (Wildman–Crippen LogP) is 4.88. The highest BCUT2D eigenvalue weighted by Gasteiger charge is 2.30. The van der Waals surface area contributed by atoms with Crippen molar-refractivity contribution in [3.63, 3.8) is 0 Å².